The van der Waals surface area contributed by atoms with Gasteiger partial charge in [0.1, 0.15) is 5.01 Å². The summed E-state index contributed by atoms with van der Waals surface area (Å²) in [6, 6.07) is 20.2. The maximum atomic E-state index is 12.6. The number of ether oxygens (including phenoxy) is 1. The predicted octanol–water partition coefficient (Wildman–Crippen LogP) is 4.45. The monoisotopic (exact) mass is 350 g/mol. The zero-order valence-electron chi connectivity index (χ0n) is 13.6. The van der Waals surface area contributed by atoms with Crippen LogP contribution in [0.25, 0.3) is 0 Å². The Morgan fingerprint density at radius 3 is 2.32 bits per heavy atom. The highest BCUT2D eigenvalue weighted by molar-refractivity contribution is 7.09. The Kier molecular flexibility index (Phi) is 4.48. The molecule has 0 spiro atoms. The van der Waals surface area contributed by atoms with Crippen molar-refractivity contribution < 1.29 is 9.53 Å². The number of cyclic esters (lactones) is 1. The van der Waals surface area contributed by atoms with E-state index < -0.39 is 0 Å². The number of nitrogens with zero attached hydrogens (tertiary/aromatic N) is 2. The fourth-order valence-corrected chi connectivity index (χ4v) is 3.90. The SMILES string of the molecule is O=C1O[C@H](c2nccs2)[C@H](Cc2ccccc2)N1Cc1ccccc1. The lowest BCUT2D eigenvalue weighted by atomic mass is 10.0. The van der Waals surface area contributed by atoms with Crippen molar-refractivity contribution in [3.63, 3.8) is 0 Å². The Morgan fingerprint density at radius 1 is 1.00 bits per heavy atom. The van der Waals surface area contributed by atoms with Crippen LogP contribution in [-0.4, -0.2) is 22.0 Å². The summed E-state index contributed by atoms with van der Waals surface area (Å²) in [7, 11) is 0. The number of hydrogen-bond acceptors (Lipinski definition) is 4. The van der Waals surface area contributed by atoms with E-state index >= 15 is 0 Å². The molecular weight excluding hydrogens is 332 g/mol. The van der Waals surface area contributed by atoms with Crippen molar-refractivity contribution in [3.8, 4) is 0 Å². The van der Waals surface area contributed by atoms with Crippen LogP contribution in [-0.2, 0) is 17.7 Å². The third-order valence-corrected chi connectivity index (χ3v) is 5.23. The van der Waals surface area contributed by atoms with Gasteiger partial charge in [-0.25, -0.2) is 9.78 Å². The lowest BCUT2D eigenvalue weighted by Gasteiger charge is -2.24. The largest absolute Gasteiger partial charge is 0.436 e. The molecule has 3 aromatic rings. The summed E-state index contributed by atoms with van der Waals surface area (Å²) in [5.74, 6) is 0. The molecule has 0 saturated carbocycles. The molecule has 0 bridgehead atoms. The van der Waals surface area contributed by atoms with E-state index in [2.05, 4.69) is 17.1 Å². The highest BCUT2D eigenvalue weighted by Gasteiger charge is 2.43. The van der Waals surface area contributed by atoms with Crippen molar-refractivity contribution in [2.24, 2.45) is 0 Å². The summed E-state index contributed by atoms with van der Waals surface area (Å²) in [4.78, 5) is 18.8. The Labute approximate surface area is 150 Å². The second kappa shape index (κ2) is 7.07. The first-order valence-electron chi connectivity index (χ1n) is 8.26. The highest BCUT2D eigenvalue weighted by Crippen LogP contribution is 2.36. The lowest BCUT2D eigenvalue weighted by molar-refractivity contribution is 0.129. The molecule has 25 heavy (non-hydrogen) atoms. The topological polar surface area (TPSA) is 42.4 Å². The van der Waals surface area contributed by atoms with Gasteiger partial charge in [-0.2, -0.15) is 0 Å². The van der Waals surface area contributed by atoms with E-state index in [0.29, 0.717) is 6.54 Å². The fourth-order valence-electron chi connectivity index (χ4n) is 3.18. The minimum atomic E-state index is -0.323. The first-order valence-corrected chi connectivity index (χ1v) is 9.14. The average molecular weight is 350 g/mol. The molecule has 1 saturated heterocycles. The van der Waals surface area contributed by atoms with Gasteiger partial charge in [0.25, 0.3) is 0 Å². The number of carbonyl (C=O) groups is 1. The minimum absolute atomic E-state index is 0.0683. The van der Waals surface area contributed by atoms with E-state index in [1.165, 1.54) is 16.9 Å². The van der Waals surface area contributed by atoms with E-state index in [0.717, 1.165) is 17.0 Å². The third-order valence-electron chi connectivity index (χ3n) is 4.39. The van der Waals surface area contributed by atoms with E-state index in [1.807, 2.05) is 58.8 Å². The van der Waals surface area contributed by atoms with Crippen LogP contribution in [0.15, 0.2) is 72.2 Å². The molecular formula is C20H18N2O2S. The third kappa shape index (κ3) is 3.42. The Balaban J connectivity index is 1.64. The number of aromatic nitrogens is 1. The van der Waals surface area contributed by atoms with Crippen LogP contribution in [0.2, 0.25) is 0 Å². The maximum absolute atomic E-state index is 12.6. The highest BCUT2D eigenvalue weighted by atomic mass is 32.1. The molecule has 126 valence electrons. The summed E-state index contributed by atoms with van der Waals surface area (Å²) in [5.41, 5.74) is 2.28. The molecule has 0 unspecified atom stereocenters. The summed E-state index contributed by atoms with van der Waals surface area (Å²) in [5, 5.41) is 2.77. The van der Waals surface area contributed by atoms with Gasteiger partial charge in [0.05, 0.1) is 6.04 Å². The van der Waals surface area contributed by atoms with E-state index in [1.54, 1.807) is 6.20 Å². The van der Waals surface area contributed by atoms with Gasteiger partial charge in [-0.1, -0.05) is 60.7 Å². The van der Waals surface area contributed by atoms with Crippen molar-refractivity contribution in [2.45, 2.75) is 25.1 Å². The maximum Gasteiger partial charge on any atom is 0.411 e. The molecule has 1 aromatic heterocycles. The van der Waals surface area contributed by atoms with Gasteiger partial charge in [0.2, 0.25) is 0 Å². The van der Waals surface area contributed by atoms with Crippen LogP contribution in [0, 0.1) is 0 Å². The molecule has 0 radical (unpaired) electrons. The van der Waals surface area contributed by atoms with Gasteiger partial charge < -0.3 is 4.74 Å². The molecule has 5 heteroatoms. The second-order valence-corrected chi connectivity index (χ2v) is 6.97. The van der Waals surface area contributed by atoms with Crippen LogP contribution in [0.4, 0.5) is 4.79 Å². The van der Waals surface area contributed by atoms with Gasteiger partial charge in [0.15, 0.2) is 6.10 Å². The van der Waals surface area contributed by atoms with E-state index in [4.69, 9.17) is 4.74 Å². The Hall–Kier alpha value is -2.66. The van der Waals surface area contributed by atoms with Gasteiger partial charge in [0, 0.05) is 18.1 Å². The number of benzene rings is 2. The minimum Gasteiger partial charge on any atom is -0.436 e. The van der Waals surface area contributed by atoms with Crippen LogP contribution < -0.4 is 0 Å². The molecule has 1 fully saturated rings. The van der Waals surface area contributed by atoms with E-state index in [-0.39, 0.29) is 18.2 Å². The number of rotatable bonds is 5. The number of amides is 1. The average Bonchev–Trinajstić information content (AvgIpc) is 3.27. The van der Waals surface area contributed by atoms with Gasteiger partial charge in [-0.15, -0.1) is 11.3 Å². The van der Waals surface area contributed by atoms with Crippen molar-refractivity contribution in [1.82, 2.24) is 9.88 Å². The lowest BCUT2D eigenvalue weighted by Crippen LogP contribution is -2.35. The molecule has 2 aromatic carbocycles. The zero-order chi connectivity index (χ0) is 17.1. The normalized spacial score (nSPS) is 19.8. The number of hydrogen-bond donors (Lipinski definition) is 0. The predicted molar refractivity (Wildman–Crippen MR) is 97.3 cm³/mol. The fraction of sp³-hybridized carbons (Fsp3) is 0.200. The molecule has 0 aliphatic carbocycles. The number of carbonyl (C=O) groups excluding carboxylic acids is 1. The first kappa shape index (κ1) is 15.8. The smallest absolute Gasteiger partial charge is 0.411 e. The molecule has 1 amide bonds. The molecule has 2 heterocycles. The first-order chi connectivity index (χ1) is 12.3. The van der Waals surface area contributed by atoms with Crippen LogP contribution in [0.3, 0.4) is 0 Å². The molecule has 1 aliphatic heterocycles. The zero-order valence-corrected chi connectivity index (χ0v) is 14.4. The van der Waals surface area contributed by atoms with Crippen molar-refractivity contribution >= 4 is 17.4 Å². The van der Waals surface area contributed by atoms with Crippen molar-refractivity contribution in [2.75, 3.05) is 0 Å². The van der Waals surface area contributed by atoms with Crippen molar-refractivity contribution in [1.29, 1.82) is 0 Å². The Bertz CT molecular complexity index is 821. The molecule has 2 atom stereocenters. The molecule has 1 aliphatic rings. The van der Waals surface area contributed by atoms with E-state index in [9.17, 15) is 4.79 Å². The van der Waals surface area contributed by atoms with Crippen LogP contribution >= 0.6 is 11.3 Å². The summed E-state index contributed by atoms with van der Waals surface area (Å²) in [6.07, 6.45) is 1.90. The Morgan fingerprint density at radius 2 is 1.68 bits per heavy atom. The van der Waals surface area contributed by atoms with Crippen molar-refractivity contribution in [3.05, 3.63) is 88.4 Å². The number of thiazole rings is 1. The van der Waals surface area contributed by atoms with Gasteiger partial charge in [-0.3, -0.25) is 4.90 Å². The summed E-state index contributed by atoms with van der Waals surface area (Å²) in [6.45, 7) is 0.541. The second-order valence-electron chi connectivity index (χ2n) is 6.05. The summed E-state index contributed by atoms with van der Waals surface area (Å²) >= 11 is 1.53. The van der Waals surface area contributed by atoms with Crippen LogP contribution in [0.5, 0.6) is 0 Å². The van der Waals surface area contributed by atoms with Gasteiger partial charge >= 0.3 is 6.09 Å². The standard InChI is InChI=1S/C20H18N2O2S/c23-20-22(14-16-9-5-2-6-10-16)17(13-15-7-3-1-4-8-15)18(24-20)19-21-11-12-25-19/h1-12,17-18H,13-14H2/t17-,18-/m0/s1. The van der Waals surface area contributed by atoms with Gasteiger partial charge in [-0.05, 0) is 17.5 Å². The summed E-state index contributed by atoms with van der Waals surface area (Å²) < 4.78 is 5.71. The molecule has 4 nitrogen and oxygen atoms in total. The quantitative estimate of drug-likeness (QED) is 0.683. The molecule has 4 rings (SSSR count). The van der Waals surface area contributed by atoms with Crippen LogP contribution in [0.1, 0.15) is 22.2 Å². The molecule has 0 N–H and O–H groups in total.